The fraction of sp³-hybridized carbons (Fsp3) is 0.143. The molecule has 0 aliphatic rings. The SMILES string of the molecule is Cc1cc(-c2cnc3[nH]cc(CC(=O)NCc4cccnc4)c3c2)ccn1. The lowest BCUT2D eigenvalue weighted by atomic mass is 10.0. The van der Waals surface area contributed by atoms with Crippen molar-refractivity contribution in [3.8, 4) is 11.1 Å². The summed E-state index contributed by atoms with van der Waals surface area (Å²) in [5.41, 5.74) is 5.70. The van der Waals surface area contributed by atoms with Crippen LogP contribution >= 0.6 is 0 Å². The first kappa shape index (κ1) is 16.9. The van der Waals surface area contributed by atoms with E-state index in [0.29, 0.717) is 13.0 Å². The van der Waals surface area contributed by atoms with Crippen molar-refractivity contribution in [2.24, 2.45) is 0 Å². The zero-order valence-electron chi connectivity index (χ0n) is 14.9. The molecule has 0 aromatic carbocycles. The van der Waals surface area contributed by atoms with Gasteiger partial charge in [0.15, 0.2) is 0 Å². The first-order valence-corrected chi connectivity index (χ1v) is 8.74. The number of rotatable bonds is 5. The highest BCUT2D eigenvalue weighted by Crippen LogP contribution is 2.25. The van der Waals surface area contributed by atoms with Gasteiger partial charge in [0.1, 0.15) is 5.65 Å². The number of pyridine rings is 3. The van der Waals surface area contributed by atoms with Gasteiger partial charge in [0.05, 0.1) is 6.42 Å². The lowest BCUT2D eigenvalue weighted by Gasteiger charge is -2.06. The van der Waals surface area contributed by atoms with E-state index >= 15 is 0 Å². The number of aromatic amines is 1. The number of aromatic nitrogens is 4. The van der Waals surface area contributed by atoms with Crippen molar-refractivity contribution in [1.82, 2.24) is 25.3 Å². The zero-order valence-corrected chi connectivity index (χ0v) is 14.9. The Hall–Kier alpha value is -3.54. The summed E-state index contributed by atoms with van der Waals surface area (Å²) in [6, 6.07) is 9.84. The molecule has 6 nitrogen and oxygen atoms in total. The first-order valence-electron chi connectivity index (χ1n) is 8.74. The number of fused-ring (bicyclic) bond motifs is 1. The predicted molar refractivity (Wildman–Crippen MR) is 104 cm³/mol. The normalized spacial score (nSPS) is 10.9. The van der Waals surface area contributed by atoms with E-state index in [9.17, 15) is 4.79 Å². The molecule has 0 saturated carbocycles. The molecule has 134 valence electrons. The van der Waals surface area contributed by atoms with Crippen molar-refractivity contribution in [1.29, 1.82) is 0 Å². The van der Waals surface area contributed by atoms with Crippen LogP contribution in [0.3, 0.4) is 0 Å². The predicted octanol–water partition coefficient (Wildman–Crippen LogP) is 3.19. The highest BCUT2D eigenvalue weighted by molar-refractivity contribution is 5.89. The Labute approximate surface area is 156 Å². The van der Waals surface area contributed by atoms with Crippen LogP contribution in [-0.4, -0.2) is 25.8 Å². The number of nitrogens with one attached hydrogen (secondary N) is 2. The minimum absolute atomic E-state index is 0.0371. The van der Waals surface area contributed by atoms with Crippen LogP contribution in [-0.2, 0) is 17.8 Å². The van der Waals surface area contributed by atoms with Crippen molar-refractivity contribution in [2.75, 3.05) is 0 Å². The summed E-state index contributed by atoms with van der Waals surface area (Å²) in [6.07, 6.45) is 9.23. The second-order valence-electron chi connectivity index (χ2n) is 6.43. The van der Waals surface area contributed by atoms with Gasteiger partial charge in [-0.15, -0.1) is 0 Å². The van der Waals surface area contributed by atoms with Gasteiger partial charge in [-0.05, 0) is 47.9 Å². The monoisotopic (exact) mass is 357 g/mol. The molecule has 0 aliphatic carbocycles. The molecule has 0 atom stereocenters. The molecule has 4 aromatic rings. The van der Waals surface area contributed by atoms with Gasteiger partial charge in [-0.2, -0.15) is 0 Å². The summed E-state index contributed by atoms with van der Waals surface area (Å²) in [5.74, 6) is -0.0371. The Morgan fingerprint density at radius 1 is 1.11 bits per heavy atom. The minimum atomic E-state index is -0.0371. The minimum Gasteiger partial charge on any atom is -0.352 e. The number of nitrogens with zero attached hydrogens (tertiary/aromatic N) is 3. The summed E-state index contributed by atoms with van der Waals surface area (Å²) in [7, 11) is 0. The number of H-pyrrole nitrogens is 1. The molecular weight excluding hydrogens is 338 g/mol. The van der Waals surface area contributed by atoms with Gasteiger partial charge in [-0.25, -0.2) is 4.98 Å². The molecule has 2 N–H and O–H groups in total. The van der Waals surface area contributed by atoms with Gasteiger partial charge >= 0.3 is 0 Å². The lowest BCUT2D eigenvalue weighted by molar-refractivity contribution is -0.120. The van der Waals surface area contributed by atoms with Crippen LogP contribution < -0.4 is 5.32 Å². The molecule has 0 aliphatic heterocycles. The van der Waals surface area contributed by atoms with Gasteiger partial charge < -0.3 is 10.3 Å². The van der Waals surface area contributed by atoms with Gasteiger partial charge in [-0.1, -0.05) is 6.07 Å². The van der Waals surface area contributed by atoms with E-state index in [0.717, 1.165) is 39.0 Å². The van der Waals surface area contributed by atoms with E-state index in [1.165, 1.54) is 0 Å². The van der Waals surface area contributed by atoms with Gasteiger partial charge in [0, 0.05) is 54.2 Å². The molecule has 4 rings (SSSR count). The number of carbonyl (C=O) groups is 1. The maximum absolute atomic E-state index is 12.4. The molecule has 1 amide bonds. The quantitative estimate of drug-likeness (QED) is 0.575. The Kier molecular flexibility index (Phi) is 4.61. The molecule has 0 bridgehead atoms. The van der Waals surface area contributed by atoms with Gasteiger partial charge in [-0.3, -0.25) is 14.8 Å². The molecule has 0 spiro atoms. The molecule has 4 aromatic heterocycles. The summed E-state index contributed by atoms with van der Waals surface area (Å²) < 4.78 is 0. The average molecular weight is 357 g/mol. The number of aryl methyl sites for hydroxylation is 1. The number of amides is 1. The van der Waals surface area contributed by atoms with Crippen molar-refractivity contribution in [3.63, 3.8) is 0 Å². The standard InChI is InChI=1S/C21H19N5O/c1-14-7-16(4-6-23-14)17-8-19-18(13-26-21(19)25-12-17)9-20(27)24-11-15-3-2-5-22-10-15/h2-8,10,12-13H,9,11H2,1H3,(H,24,27)(H,25,26). The Bertz CT molecular complexity index is 1090. The highest BCUT2D eigenvalue weighted by Gasteiger charge is 2.11. The van der Waals surface area contributed by atoms with E-state index in [-0.39, 0.29) is 5.91 Å². The molecule has 0 radical (unpaired) electrons. The number of hydrogen-bond acceptors (Lipinski definition) is 4. The lowest BCUT2D eigenvalue weighted by Crippen LogP contribution is -2.24. The molecular formula is C21H19N5O. The summed E-state index contributed by atoms with van der Waals surface area (Å²) in [4.78, 5) is 28.3. The summed E-state index contributed by atoms with van der Waals surface area (Å²) in [6.45, 7) is 2.43. The first-order chi connectivity index (χ1) is 13.2. The fourth-order valence-electron chi connectivity index (χ4n) is 3.03. The number of carbonyl (C=O) groups excluding carboxylic acids is 1. The molecule has 4 heterocycles. The van der Waals surface area contributed by atoms with Crippen molar-refractivity contribution < 1.29 is 4.79 Å². The van der Waals surface area contributed by atoms with Crippen LogP contribution in [0.15, 0.2) is 61.3 Å². The highest BCUT2D eigenvalue weighted by atomic mass is 16.1. The third-order valence-electron chi connectivity index (χ3n) is 4.41. The van der Waals surface area contributed by atoms with Crippen molar-refractivity contribution in [2.45, 2.75) is 19.9 Å². The van der Waals surface area contributed by atoms with Crippen LogP contribution in [0.1, 0.15) is 16.8 Å². The zero-order chi connectivity index (χ0) is 18.6. The molecule has 0 saturated heterocycles. The fourth-order valence-corrected chi connectivity index (χ4v) is 3.03. The number of hydrogen-bond donors (Lipinski definition) is 2. The van der Waals surface area contributed by atoms with Crippen LogP contribution in [0.4, 0.5) is 0 Å². The second-order valence-corrected chi connectivity index (χ2v) is 6.43. The Morgan fingerprint density at radius 2 is 2.04 bits per heavy atom. The van der Waals surface area contributed by atoms with E-state index in [2.05, 4.69) is 31.3 Å². The third kappa shape index (κ3) is 3.84. The van der Waals surface area contributed by atoms with Crippen molar-refractivity contribution in [3.05, 3.63) is 78.1 Å². The largest absolute Gasteiger partial charge is 0.352 e. The van der Waals surface area contributed by atoms with E-state index in [1.807, 2.05) is 43.6 Å². The van der Waals surface area contributed by atoms with Crippen LogP contribution in [0, 0.1) is 6.92 Å². The van der Waals surface area contributed by atoms with Crippen molar-refractivity contribution >= 4 is 16.9 Å². The topological polar surface area (TPSA) is 83.6 Å². The van der Waals surface area contributed by atoms with Crippen LogP contribution in [0.2, 0.25) is 0 Å². The Morgan fingerprint density at radius 3 is 2.85 bits per heavy atom. The third-order valence-corrected chi connectivity index (χ3v) is 4.41. The molecule has 0 unspecified atom stereocenters. The summed E-state index contributed by atoms with van der Waals surface area (Å²) in [5, 5.41) is 3.89. The second kappa shape index (κ2) is 7.37. The molecule has 27 heavy (non-hydrogen) atoms. The smallest absolute Gasteiger partial charge is 0.224 e. The van der Waals surface area contributed by atoms with Gasteiger partial charge in [0.25, 0.3) is 0 Å². The molecule has 0 fully saturated rings. The summed E-state index contributed by atoms with van der Waals surface area (Å²) >= 11 is 0. The maximum Gasteiger partial charge on any atom is 0.224 e. The van der Waals surface area contributed by atoms with Crippen LogP contribution in [0.5, 0.6) is 0 Å². The molecule has 6 heteroatoms. The van der Waals surface area contributed by atoms with Crippen LogP contribution in [0.25, 0.3) is 22.2 Å². The Balaban J connectivity index is 1.53. The van der Waals surface area contributed by atoms with E-state index in [4.69, 9.17) is 0 Å². The van der Waals surface area contributed by atoms with E-state index < -0.39 is 0 Å². The van der Waals surface area contributed by atoms with E-state index in [1.54, 1.807) is 18.6 Å². The van der Waals surface area contributed by atoms with Gasteiger partial charge in [0.2, 0.25) is 5.91 Å². The maximum atomic E-state index is 12.4. The average Bonchev–Trinajstić information content (AvgIpc) is 3.09.